The number of esters is 1. The summed E-state index contributed by atoms with van der Waals surface area (Å²) in [7, 11) is 0. The number of halogens is 3. The molecule has 0 saturated heterocycles. The van der Waals surface area contributed by atoms with Crippen molar-refractivity contribution in [1.29, 1.82) is 0 Å². The van der Waals surface area contributed by atoms with E-state index in [0.29, 0.717) is 15.8 Å². The minimum absolute atomic E-state index is 0.153. The molecule has 0 radical (unpaired) electrons. The average Bonchev–Trinajstić information content (AvgIpc) is 3.07. The Kier molecular flexibility index (Phi) is 5.03. The number of aromatic nitrogens is 3. The molecule has 0 aliphatic carbocycles. The highest BCUT2D eigenvalue weighted by atomic mass is 32.1. The second kappa shape index (κ2) is 7.24. The van der Waals surface area contributed by atoms with Crippen LogP contribution in [0.25, 0.3) is 10.2 Å². The Hall–Kier alpha value is -2.75. The van der Waals surface area contributed by atoms with Crippen LogP contribution in [0.5, 0.6) is 0 Å². The van der Waals surface area contributed by atoms with Crippen LogP contribution in [0.15, 0.2) is 29.8 Å². The molecular formula is C16H13F3N4O2S. The van der Waals surface area contributed by atoms with E-state index >= 15 is 0 Å². The molecule has 3 heterocycles. The first-order valence-electron chi connectivity index (χ1n) is 7.57. The molecule has 3 rings (SSSR count). The maximum atomic E-state index is 12.5. The van der Waals surface area contributed by atoms with E-state index in [0.717, 1.165) is 12.3 Å². The SMILES string of the molecule is CCOC(=O)c1nc(NCc2ccc(C(F)(F)F)nc2)nc2ccsc12. The third-order valence-electron chi connectivity index (χ3n) is 3.34. The minimum Gasteiger partial charge on any atom is -0.461 e. The molecular weight excluding hydrogens is 369 g/mol. The fourth-order valence-electron chi connectivity index (χ4n) is 2.16. The van der Waals surface area contributed by atoms with Crippen molar-refractivity contribution in [2.45, 2.75) is 19.6 Å². The van der Waals surface area contributed by atoms with Gasteiger partial charge in [0.05, 0.1) is 16.8 Å². The molecule has 0 aromatic carbocycles. The van der Waals surface area contributed by atoms with Crippen molar-refractivity contribution in [1.82, 2.24) is 15.0 Å². The second-order valence-corrected chi connectivity index (χ2v) is 6.07. The molecule has 3 aromatic rings. The van der Waals surface area contributed by atoms with Gasteiger partial charge in [0, 0.05) is 12.7 Å². The third kappa shape index (κ3) is 3.90. The van der Waals surface area contributed by atoms with Gasteiger partial charge in [0.15, 0.2) is 5.69 Å². The number of carbonyl (C=O) groups is 1. The Morgan fingerprint density at radius 2 is 2.08 bits per heavy atom. The van der Waals surface area contributed by atoms with Crippen molar-refractivity contribution < 1.29 is 22.7 Å². The molecule has 0 fully saturated rings. The Labute approximate surface area is 150 Å². The van der Waals surface area contributed by atoms with Crippen LogP contribution < -0.4 is 5.32 Å². The van der Waals surface area contributed by atoms with Crippen LogP contribution in [0, 0.1) is 0 Å². The molecule has 1 N–H and O–H groups in total. The van der Waals surface area contributed by atoms with Gasteiger partial charge in [0.25, 0.3) is 0 Å². The zero-order valence-corrected chi connectivity index (χ0v) is 14.3. The van der Waals surface area contributed by atoms with Crippen LogP contribution in [0.2, 0.25) is 0 Å². The first kappa shape index (κ1) is 18.1. The van der Waals surface area contributed by atoms with Crippen LogP contribution in [0.3, 0.4) is 0 Å². The summed E-state index contributed by atoms with van der Waals surface area (Å²) in [5, 5.41) is 4.68. The monoisotopic (exact) mass is 382 g/mol. The molecule has 0 aliphatic rings. The number of thiophene rings is 1. The van der Waals surface area contributed by atoms with E-state index < -0.39 is 17.8 Å². The van der Waals surface area contributed by atoms with Gasteiger partial charge in [-0.3, -0.25) is 4.98 Å². The van der Waals surface area contributed by atoms with E-state index in [1.54, 1.807) is 18.4 Å². The van der Waals surface area contributed by atoms with Gasteiger partial charge in [-0.15, -0.1) is 11.3 Å². The third-order valence-corrected chi connectivity index (χ3v) is 4.25. The molecule has 0 aliphatic heterocycles. The maximum Gasteiger partial charge on any atom is 0.433 e. The van der Waals surface area contributed by atoms with Crippen LogP contribution in [0.4, 0.5) is 19.1 Å². The highest BCUT2D eigenvalue weighted by molar-refractivity contribution is 7.17. The number of ether oxygens (including phenoxy) is 1. The lowest BCUT2D eigenvalue weighted by Crippen LogP contribution is -2.12. The van der Waals surface area contributed by atoms with Crippen LogP contribution in [0.1, 0.15) is 28.7 Å². The van der Waals surface area contributed by atoms with Crippen LogP contribution in [-0.2, 0) is 17.5 Å². The van der Waals surface area contributed by atoms with E-state index in [1.807, 2.05) is 0 Å². The van der Waals surface area contributed by atoms with Gasteiger partial charge in [-0.25, -0.2) is 14.8 Å². The number of pyridine rings is 1. The Morgan fingerprint density at radius 1 is 1.27 bits per heavy atom. The molecule has 3 aromatic heterocycles. The molecule has 0 saturated carbocycles. The summed E-state index contributed by atoms with van der Waals surface area (Å²) in [6, 6.07) is 3.97. The number of hydrogen-bond acceptors (Lipinski definition) is 7. The largest absolute Gasteiger partial charge is 0.461 e. The molecule has 0 spiro atoms. The van der Waals surface area contributed by atoms with Crippen molar-refractivity contribution in [2.24, 2.45) is 0 Å². The Balaban J connectivity index is 1.79. The summed E-state index contributed by atoms with van der Waals surface area (Å²) in [5.41, 5.74) is 0.299. The number of nitrogens with zero attached hydrogens (tertiary/aromatic N) is 3. The van der Waals surface area contributed by atoms with Gasteiger partial charge in [-0.1, -0.05) is 6.07 Å². The van der Waals surface area contributed by atoms with Gasteiger partial charge in [-0.2, -0.15) is 13.2 Å². The summed E-state index contributed by atoms with van der Waals surface area (Å²) >= 11 is 1.33. The van der Waals surface area contributed by atoms with Gasteiger partial charge in [0.2, 0.25) is 5.95 Å². The van der Waals surface area contributed by atoms with E-state index in [9.17, 15) is 18.0 Å². The van der Waals surface area contributed by atoms with E-state index in [1.165, 1.54) is 17.4 Å². The van der Waals surface area contributed by atoms with Crippen LogP contribution in [-0.4, -0.2) is 27.5 Å². The number of fused-ring (bicyclic) bond motifs is 1. The highest BCUT2D eigenvalue weighted by Crippen LogP contribution is 2.27. The first-order chi connectivity index (χ1) is 12.4. The molecule has 0 bridgehead atoms. The molecule has 136 valence electrons. The van der Waals surface area contributed by atoms with Gasteiger partial charge < -0.3 is 10.1 Å². The molecule has 26 heavy (non-hydrogen) atoms. The summed E-state index contributed by atoms with van der Waals surface area (Å²) in [4.78, 5) is 23.9. The van der Waals surface area contributed by atoms with E-state index in [-0.39, 0.29) is 24.8 Å². The second-order valence-electron chi connectivity index (χ2n) is 5.15. The topological polar surface area (TPSA) is 77.0 Å². The predicted octanol–water partition coefficient (Wildman–Crippen LogP) is 3.89. The molecule has 6 nitrogen and oxygen atoms in total. The zero-order valence-electron chi connectivity index (χ0n) is 13.5. The number of carbonyl (C=O) groups excluding carboxylic acids is 1. The number of rotatable bonds is 5. The van der Waals surface area contributed by atoms with Crippen molar-refractivity contribution in [2.75, 3.05) is 11.9 Å². The number of nitrogens with one attached hydrogen (secondary N) is 1. The van der Waals surface area contributed by atoms with Crippen molar-refractivity contribution in [3.8, 4) is 0 Å². The van der Waals surface area contributed by atoms with Gasteiger partial charge in [-0.05, 0) is 30.0 Å². The lowest BCUT2D eigenvalue weighted by molar-refractivity contribution is -0.141. The summed E-state index contributed by atoms with van der Waals surface area (Å²) < 4.78 is 43.2. The highest BCUT2D eigenvalue weighted by Gasteiger charge is 2.32. The quantitative estimate of drug-likeness (QED) is 0.675. The molecule has 10 heteroatoms. The van der Waals surface area contributed by atoms with Gasteiger partial charge >= 0.3 is 12.1 Å². The number of anilines is 1. The van der Waals surface area contributed by atoms with Gasteiger partial charge in [0.1, 0.15) is 5.69 Å². The summed E-state index contributed by atoms with van der Waals surface area (Å²) in [5.74, 6) is -0.375. The lowest BCUT2D eigenvalue weighted by atomic mass is 10.2. The van der Waals surface area contributed by atoms with Crippen molar-refractivity contribution in [3.63, 3.8) is 0 Å². The maximum absolute atomic E-state index is 12.5. The van der Waals surface area contributed by atoms with E-state index in [2.05, 4.69) is 20.3 Å². The molecule has 0 atom stereocenters. The van der Waals surface area contributed by atoms with Crippen molar-refractivity contribution in [3.05, 3.63) is 46.7 Å². The molecule has 0 amide bonds. The fourth-order valence-corrected chi connectivity index (χ4v) is 2.97. The lowest BCUT2D eigenvalue weighted by Gasteiger charge is -2.09. The summed E-state index contributed by atoms with van der Waals surface area (Å²) in [6.07, 6.45) is -3.35. The average molecular weight is 382 g/mol. The summed E-state index contributed by atoms with van der Waals surface area (Å²) in [6.45, 7) is 2.07. The Bertz CT molecular complexity index is 925. The molecule has 0 unspecified atom stereocenters. The first-order valence-corrected chi connectivity index (χ1v) is 8.45. The van der Waals surface area contributed by atoms with Crippen LogP contribution >= 0.6 is 11.3 Å². The predicted molar refractivity (Wildman–Crippen MR) is 89.9 cm³/mol. The number of hydrogen-bond donors (Lipinski definition) is 1. The normalized spacial score (nSPS) is 11.5. The fraction of sp³-hybridized carbons (Fsp3) is 0.250. The van der Waals surface area contributed by atoms with E-state index in [4.69, 9.17) is 4.74 Å². The Morgan fingerprint density at radius 3 is 2.73 bits per heavy atom. The standard InChI is InChI=1S/C16H13F3N4O2S/c1-2-25-14(24)12-13-10(5-6-26-13)22-15(23-12)21-8-9-3-4-11(20-7-9)16(17,18)19/h3-7H,2,8H2,1H3,(H,21,22,23). The zero-order chi connectivity index (χ0) is 18.7. The van der Waals surface area contributed by atoms with Crippen molar-refractivity contribution >= 4 is 33.5 Å². The number of alkyl halides is 3. The smallest absolute Gasteiger partial charge is 0.433 e. The minimum atomic E-state index is -4.48.